The van der Waals surface area contributed by atoms with Crippen LogP contribution in [0.15, 0.2) is 87.8 Å². The molecule has 188 valence electrons. The van der Waals surface area contributed by atoms with Crippen molar-refractivity contribution in [2.75, 3.05) is 23.5 Å². The van der Waals surface area contributed by atoms with Crippen LogP contribution in [0.3, 0.4) is 0 Å². The molecule has 2 N–H and O–H groups in total. The van der Waals surface area contributed by atoms with Gasteiger partial charge in [-0.2, -0.15) is 5.26 Å². The number of benzene rings is 2. The molecule has 0 fully saturated rings. The lowest BCUT2D eigenvalue weighted by atomic mass is 9.77. The summed E-state index contributed by atoms with van der Waals surface area (Å²) in [6, 6.07) is 20.5. The van der Waals surface area contributed by atoms with E-state index in [1.165, 1.54) is 30.2 Å². The number of thiophene rings is 1. The average molecular weight is 596 g/mol. The summed E-state index contributed by atoms with van der Waals surface area (Å²) in [7, 11) is 1.53. The Hall–Kier alpha value is -3.39. The van der Waals surface area contributed by atoms with Crippen LogP contribution in [-0.4, -0.2) is 29.7 Å². The van der Waals surface area contributed by atoms with Gasteiger partial charge < -0.3 is 15.4 Å². The second kappa shape index (κ2) is 12.2. The fraction of sp³-hybridized carbons (Fsp3) is 0.185. The number of amides is 2. The van der Waals surface area contributed by atoms with Crippen molar-refractivity contribution in [2.45, 2.75) is 5.92 Å². The number of thioether (sulfide) groups is 1. The third-order valence-electron chi connectivity index (χ3n) is 5.73. The first-order valence-electron chi connectivity index (χ1n) is 11.2. The van der Waals surface area contributed by atoms with Gasteiger partial charge in [0.2, 0.25) is 11.8 Å². The molecule has 3 aromatic rings. The maximum Gasteiger partial charge on any atom is 0.234 e. The monoisotopic (exact) mass is 594 g/mol. The molecule has 10 heteroatoms. The zero-order valence-corrected chi connectivity index (χ0v) is 23.0. The van der Waals surface area contributed by atoms with E-state index in [1.54, 1.807) is 30.3 Å². The number of para-hydroxylation sites is 2. The fourth-order valence-electron chi connectivity index (χ4n) is 4.04. The lowest BCUT2D eigenvalue weighted by Crippen LogP contribution is -2.38. The number of carbonyl (C=O) groups excluding carboxylic acids is 2. The van der Waals surface area contributed by atoms with Crippen LogP contribution in [-0.2, 0) is 9.59 Å². The van der Waals surface area contributed by atoms with Crippen molar-refractivity contribution in [1.29, 1.82) is 5.26 Å². The Balaban J connectivity index is 1.56. The van der Waals surface area contributed by atoms with E-state index in [0.717, 1.165) is 9.35 Å². The highest BCUT2D eigenvalue weighted by Crippen LogP contribution is 2.45. The first kappa shape index (κ1) is 26.7. The summed E-state index contributed by atoms with van der Waals surface area (Å²) in [6.45, 7) is 4.08. The SMILES string of the molecule is C=C1N=C(SCC(=O)Nc2ccc(Br)cc2)C(C#N)[C@H](c2cccs2)[C@H]1C(=O)Nc1ccccc1OC. The van der Waals surface area contributed by atoms with E-state index in [0.29, 0.717) is 27.9 Å². The van der Waals surface area contributed by atoms with Crippen molar-refractivity contribution in [1.82, 2.24) is 0 Å². The number of hydrogen-bond donors (Lipinski definition) is 2. The van der Waals surface area contributed by atoms with Crippen molar-refractivity contribution in [2.24, 2.45) is 16.8 Å². The molecule has 2 amide bonds. The molecule has 0 spiro atoms. The zero-order chi connectivity index (χ0) is 26.4. The first-order valence-corrected chi connectivity index (χ1v) is 13.9. The molecule has 0 bridgehead atoms. The standard InChI is InChI=1S/C27H23BrN4O3S2/c1-16-24(26(34)32-20-6-3-4-7-21(20)35-2)25(22-8-5-13-36-22)19(14-29)27(30-16)37-15-23(33)31-18-11-9-17(28)10-12-18/h3-13,19,24-25H,1,15H2,2H3,(H,31,33)(H,32,34)/t19?,24-,25+/m0/s1. The van der Waals surface area contributed by atoms with Gasteiger partial charge in [0.25, 0.3) is 0 Å². The van der Waals surface area contributed by atoms with Gasteiger partial charge in [-0.05, 0) is 47.8 Å². The zero-order valence-electron chi connectivity index (χ0n) is 19.8. The summed E-state index contributed by atoms with van der Waals surface area (Å²) in [6.07, 6.45) is 0. The van der Waals surface area contributed by atoms with Gasteiger partial charge >= 0.3 is 0 Å². The maximum atomic E-state index is 13.5. The van der Waals surface area contributed by atoms with Crippen LogP contribution in [0.4, 0.5) is 11.4 Å². The number of aliphatic imine (C=N–C) groups is 1. The Morgan fingerprint density at radius 3 is 2.59 bits per heavy atom. The van der Waals surface area contributed by atoms with Gasteiger partial charge in [0, 0.05) is 26.7 Å². The number of halogens is 1. The molecule has 2 heterocycles. The molecular formula is C27H23BrN4O3S2. The molecule has 1 unspecified atom stereocenters. The predicted molar refractivity (Wildman–Crippen MR) is 153 cm³/mol. The van der Waals surface area contributed by atoms with E-state index in [1.807, 2.05) is 35.7 Å². The van der Waals surface area contributed by atoms with E-state index in [9.17, 15) is 14.9 Å². The van der Waals surface area contributed by atoms with Crippen molar-refractivity contribution in [3.05, 3.63) is 87.7 Å². The summed E-state index contributed by atoms with van der Waals surface area (Å²) in [5, 5.41) is 18.3. The minimum atomic E-state index is -0.769. The average Bonchev–Trinajstić information content (AvgIpc) is 3.43. The van der Waals surface area contributed by atoms with Crippen molar-refractivity contribution in [3.63, 3.8) is 0 Å². The van der Waals surface area contributed by atoms with E-state index in [2.05, 4.69) is 44.2 Å². The number of anilines is 2. The van der Waals surface area contributed by atoms with Crippen LogP contribution in [0.2, 0.25) is 0 Å². The minimum absolute atomic E-state index is 0.0651. The Kier molecular flexibility index (Phi) is 8.82. The second-order valence-electron chi connectivity index (χ2n) is 8.10. The van der Waals surface area contributed by atoms with Gasteiger partial charge in [-0.25, -0.2) is 4.99 Å². The summed E-state index contributed by atoms with van der Waals surface area (Å²) < 4.78 is 6.28. The summed E-state index contributed by atoms with van der Waals surface area (Å²) in [4.78, 5) is 31.6. The molecule has 7 nitrogen and oxygen atoms in total. The number of nitrogens with one attached hydrogen (secondary N) is 2. The highest BCUT2D eigenvalue weighted by atomic mass is 79.9. The smallest absolute Gasteiger partial charge is 0.234 e. The number of hydrogen-bond acceptors (Lipinski definition) is 7. The van der Waals surface area contributed by atoms with Crippen molar-refractivity contribution >= 4 is 67.3 Å². The molecule has 1 aliphatic rings. The molecule has 0 saturated heterocycles. The normalized spacial score (nSPS) is 18.9. The number of rotatable bonds is 7. The van der Waals surface area contributed by atoms with E-state index in [-0.39, 0.29) is 17.6 Å². The van der Waals surface area contributed by atoms with Crippen LogP contribution in [0, 0.1) is 23.2 Å². The molecule has 4 rings (SSSR count). The van der Waals surface area contributed by atoms with Crippen molar-refractivity contribution in [3.8, 4) is 11.8 Å². The van der Waals surface area contributed by atoms with E-state index in [4.69, 9.17) is 4.74 Å². The summed E-state index contributed by atoms with van der Waals surface area (Å²) >= 11 is 6.03. The topological polar surface area (TPSA) is 104 Å². The van der Waals surface area contributed by atoms with Crippen LogP contribution in [0.1, 0.15) is 10.8 Å². The number of carbonyl (C=O) groups is 2. The Morgan fingerprint density at radius 1 is 1.16 bits per heavy atom. The first-order chi connectivity index (χ1) is 17.9. The molecule has 37 heavy (non-hydrogen) atoms. The van der Waals surface area contributed by atoms with Gasteiger partial charge in [-0.1, -0.05) is 52.5 Å². The highest BCUT2D eigenvalue weighted by molar-refractivity contribution is 9.10. The second-order valence-corrected chi connectivity index (χ2v) is 11.0. The molecule has 3 atom stereocenters. The summed E-state index contributed by atoms with van der Waals surface area (Å²) in [5.41, 5.74) is 1.54. The third-order valence-corrected chi connectivity index (χ3v) is 8.28. The molecule has 1 aliphatic heterocycles. The van der Waals surface area contributed by atoms with E-state index < -0.39 is 17.8 Å². The van der Waals surface area contributed by atoms with Crippen LogP contribution < -0.4 is 15.4 Å². The molecule has 1 aromatic heterocycles. The largest absolute Gasteiger partial charge is 0.495 e. The lowest BCUT2D eigenvalue weighted by molar-refractivity contribution is -0.119. The minimum Gasteiger partial charge on any atom is -0.495 e. The summed E-state index contributed by atoms with van der Waals surface area (Å²) in [5.74, 6) is -1.94. The number of ether oxygens (including phenoxy) is 1. The quantitative estimate of drug-likeness (QED) is 0.334. The van der Waals surface area contributed by atoms with Gasteiger partial charge in [0.15, 0.2) is 0 Å². The maximum absolute atomic E-state index is 13.5. The van der Waals surface area contributed by atoms with Gasteiger partial charge in [0.05, 0.1) is 35.6 Å². The van der Waals surface area contributed by atoms with E-state index >= 15 is 0 Å². The molecular weight excluding hydrogens is 572 g/mol. The van der Waals surface area contributed by atoms with Crippen LogP contribution in [0.5, 0.6) is 5.75 Å². The Bertz CT molecular complexity index is 1370. The van der Waals surface area contributed by atoms with Gasteiger partial charge in [0.1, 0.15) is 11.7 Å². The van der Waals surface area contributed by atoms with Gasteiger partial charge in [-0.3, -0.25) is 9.59 Å². The van der Waals surface area contributed by atoms with Crippen LogP contribution in [0.25, 0.3) is 0 Å². The molecule has 2 aromatic carbocycles. The number of methoxy groups -OCH3 is 1. The molecule has 0 saturated carbocycles. The molecule has 0 radical (unpaired) electrons. The highest BCUT2D eigenvalue weighted by Gasteiger charge is 2.44. The molecule has 0 aliphatic carbocycles. The van der Waals surface area contributed by atoms with Crippen molar-refractivity contribution < 1.29 is 14.3 Å². The van der Waals surface area contributed by atoms with Crippen LogP contribution >= 0.6 is 39.0 Å². The number of nitriles is 1. The third kappa shape index (κ3) is 6.31. The van der Waals surface area contributed by atoms with Gasteiger partial charge in [-0.15, -0.1) is 11.3 Å². The Morgan fingerprint density at radius 2 is 1.92 bits per heavy atom. The fourth-order valence-corrected chi connectivity index (χ4v) is 6.12. The lowest BCUT2D eigenvalue weighted by Gasteiger charge is -2.34. The Labute approximate surface area is 231 Å². The predicted octanol–water partition coefficient (Wildman–Crippen LogP) is 6.30. The number of nitrogens with zero attached hydrogens (tertiary/aromatic N) is 2.